The molecule has 3 heterocycles. The summed E-state index contributed by atoms with van der Waals surface area (Å²) >= 11 is 1.54. The van der Waals surface area contributed by atoms with Crippen molar-refractivity contribution in [1.82, 2.24) is 24.7 Å². The molecule has 0 aliphatic heterocycles. The zero-order chi connectivity index (χ0) is 18.6. The molecule has 0 radical (unpaired) electrons. The smallest absolute Gasteiger partial charge is 0.226 e. The van der Waals surface area contributed by atoms with Gasteiger partial charge in [0.25, 0.3) is 0 Å². The number of aromatic nitrogens is 5. The second-order valence-corrected chi connectivity index (χ2v) is 6.67. The third-order valence-corrected chi connectivity index (χ3v) is 4.96. The first-order valence-electron chi connectivity index (χ1n) is 8.41. The zero-order valence-corrected chi connectivity index (χ0v) is 15.4. The zero-order valence-electron chi connectivity index (χ0n) is 14.5. The van der Waals surface area contributed by atoms with Crippen molar-refractivity contribution in [3.05, 3.63) is 66.6 Å². The number of thioether (sulfide) groups is 1. The van der Waals surface area contributed by atoms with Crippen LogP contribution >= 0.6 is 11.8 Å². The van der Waals surface area contributed by atoms with Crippen LogP contribution in [0.4, 0.5) is 4.39 Å². The van der Waals surface area contributed by atoms with Gasteiger partial charge in [-0.15, -0.1) is 10.2 Å². The number of pyridine rings is 1. The molecule has 0 unspecified atom stereocenters. The van der Waals surface area contributed by atoms with Crippen LogP contribution in [0.2, 0.25) is 0 Å². The highest BCUT2D eigenvalue weighted by Crippen LogP contribution is 2.27. The minimum absolute atomic E-state index is 0.287. The second-order valence-electron chi connectivity index (χ2n) is 5.73. The average molecular weight is 381 g/mol. The summed E-state index contributed by atoms with van der Waals surface area (Å²) in [6.07, 6.45) is 5.09. The topological polar surface area (TPSA) is 69.6 Å². The van der Waals surface area contributed by atoms with Crippen LogP contribution in [0.3, 0.4) is 0 Å². The Morgan fingerprint density at radius 1 is 1.04 bits per heavy atom. The summed E-state index contributed by atoms with van der Waals surface area (Å²) in [4.78, 5) is 8.51. The maximum atomic E-state index is 13.0. The normalized spacial score (nSPS) is 11.0. The molecule has 4 aromatic rings. The van der Waals surface area contributed by atoms with E-state index in [-0.39, 0.29) is 5.82 Å². The van der Waals surface area contributed by atoms with Crippen LogP contribution in [0.1, 0.15) is 12.6 Å². The van der Waals surface area contributed by atoms with E-state index in [1.165, 1.54) is 12.1 Å². The van der Waals surface area contributed by atoms with Crippen molar-refractivity contribution in [3.63, 3.8) is 0 Å². The van der Waals surface area contributed by atoms with Crippen LogP contribution in [0.5, 0.6) is 0 Å². The molecule has 1 aromatic carbocycles. The van der Waals surface area contributed by atoms with Crippen LogP contribution in [-0.4, -0.2) is 24.7 Å². The fraction of sp³-hybridized carbons (Fsp3) is 0.158. The molecular formula is C19H16FN5OS. The number of rotatable bonds is 6. The largest absolute Gasteiger partial charge is 0.444 e. The lowest BCUT2D eigenvalue weighted by Crippen LogP contribution is -2.00. The highest BCUT2D eigenvalue weighted by molar-refractivity contribution is 7.98. The van der Waals surface area contributed by atoms with Crippen molar-refractivity contribution >= 4 is 11.8 Å². The Balaban J connectivity index is 1.50. The number of hydrogen-bond donors (Lipinski definition) is 0. The van der Waals surface area contributed by atoms with Gasteiger partial charge in [-0.2, -0.15) is 0 Å². The molecule has 0 N–H and O–H groups in total. The lowest BCUT2D eigenvalue weighted by Gasteiger charge is -2.06. The monoisotopic (exact) mass is 381 g/mol. The third kappa shape index (κ3) is 3.75. The van der Waals surface area contributed by atoms with E-state index >= 15 is 0 Å². The molecule has 0 fully saturated rings. The number of halogens is 1. The summed E-state index contributed by atoms with van der Waals surface area (Å²) in [5.41, 5.74) is 2.51. The predicted octanol–water partition coefficient (Wildman–Crippen LogP) is 4.45. The van der Waals surface area contributed by atoms with E-state index in [9.17, 15) is 4.39 Å². The maximum absolute atomic E-state index is 13.0. The minimum Gasteiger partial charge on any atom is -0.444 e. The fourth-order valence-electron chi connectivity index (χ4n) is 2.63. The molecule has 0 saturated carbocycles. The quantitative estimate of drug-likeness (QED) is 0.460. The van der Waals surface area contributed by atoms with E-state index in [1.807, 2.05) is 12.1 Å². The van der Waals surface area contributed by atoms with Gasteiger partial charge in [0.15, 0.2) is 11.0 Å². The molecule has 136 valence electrons. The average Bonchev–Trinajstić information content (AvgIpc) is 3.34. The van der Waals surface area contributed by atoms with Crippen LogP contribution in [0.25, 0.3) is 22.8 Å². The number of benzene rings is 1. The summed E-state index contributed by atoms with van der Waals surface area (Å²) in [5, 5.41) is 9.44. The third-order valence-electron chi connectivity index (χ3n) is 3.96. The van der Waals surface area contributed by atoms with E-state index in [1.54, 1.807) is 42.6 Å². The standard InChI is InChI=1S/C19H16FN5OS/c1-2-25-17(13-7-9-21-10-8-13)23-24-19(25)27-12-16-11-26-18(22-16)14-3-5-15(20)6-4-14/h3-11H,2,12H2,1H3. The van der Waals surface area contributed by atoms with Crippen LogP contribution in [0.15, 0.2) is 64.6 Å². The molecule has 0 aliphatic carbocycles. The summed E-state index contributed by atoms with van der Waals surface area (Å²) in [7, 11) is 0. The Labute approximate surface area is 159 Å². The molecule has 27 heavy (non-hydrogen) atoms. The van der Waals surface area contributed by atoms with Crippen molar-refractivity contribution in [3.8, 4) is 22.8 Å². The summed E-state index contributed by atoms with van der Waals surface area (Å²) in [6.45, 7) is 2.81. The summed E-state index contributed by atoms with van der Waals surface area (Å²) in [5.74, 6) is 1.60. The lowest BCUT2D eigenvalue weighted by atomic mass is 10.2. The van der Waals surface area contributed by atoms with Crippen molar-refractivity contribution in [2.75, 3.05) is 0 Å². The molecule has 0 amide bonds. The van der Waals surface area contributed by atoms with Crippen molar-refractivity contribution in [1.29, 1.82) is 0 Å². The lowest BCUT2D eigenvalue weighted by molar-refractivity contribution is 0.572. The highest BCUT2D eigenvalue weighted by Gasteiger charge is 2.14. The minimum atomic E-state index is -0.287. The van der Waals surface area contributed by atoms with Crippen molar-refractivity contribution in [2.24, 2.45) is 0 Å². The first-order chi connectivity index (χ1) is 13.2. The maximum Gasteiger partial charge on any atom is 0.226 e. The van der Waals surface area contributed by atoms with E-state index in [0.717, 1.165) is 34.3 Å². The van der Waals surface area contributed by atoms with Crippen molar-refractivity contribution in [2.45, 2.75) is 24.4 Å². The fourth-order valence-corrected chi connectivity index (χ4v) is 3.51. The second kappa shape index (κ2) is 7.71. The van der Waals surface area contributed by atoms with Gasteiger partial charge >= 0.3 is 0 Å². The molecule has 6 nitrogen and oxygen atoms in total. The van der Waals surface area contributed by atoms with Crippen LogP contribution < -0.4 is 0 Å². The number of nitrogens with zero attached hydrogens (tertiary/aromatic N) is 5. The Hall–Kier alpha value is -3.00. The molecule has 3 aromatic heterocycles. The van der Waals surface area contributed by atoms with E-state index in [4.69, 9.17) is 4.42 Å². The molecule has 0 atom stereocenters. The van der Waals surface area contributed by atoms with Gasteiger partial charge in [-0.1, -0.05) is 11.8 Å². The van der Waals surface area contributed by atoms with Gasteiger partial charge in [0.2, 0.25) is 5.89 Å². The van der Waals surface area contributed by atoms with E-state index < -0.39 is 0 Å². The van der Waals surface area contributed by atoms with Crippen LogP contribution in [-0.2, 0) is 12.3 Å². The van der Waals surface area contributed by atoms with E-state index in [2.05, 4.69) is 31.7 Å². The Morgan fingerprint density at radius 2 is 1.81 bits per heavy atom. The molecular weight excluding hydrogens is 365 g/mol. The Bertz CT molecular complexity index is 1030. The van der Waals surface area contributed by atoms with Gasteiger partial charge in [0.05, 0.1) is 5.69 Å². The van der Waals surface area contributed by atoms with Gasteiger partial charge in [0, 0.05) is 35.8 Å². The van der Waals surface area contributed by atoms with Crippen LogP contribution in [0, 0.1) is 5.82 Å². The molecule has 8 heteroatoms. The molecule has 0 aliphatic rings. The van der Waals surface area contributed by atoms with Crippen molar-refractivity contribution < 1.29 is 8.81 Å². The number of oxazole rings is 1. The highest BCUT2D eigenvalue weighted by atomic mass is 32.2. The molecule has 0 spiro atoms. The predicted molar refractivity (Wildman–Crippen MR) is 100 cm³/mol. The van der Waals surface area contributed by atoms with Gasteiger partial charge in [-0.3, -0.25) is 4.98 Å². The SMILES string of the molecule is CCn1c(SCc2coc(-c3ccc(F)cc3)n2)nnc1-c1ccncc1. The first kappa shape index (κ1) is 17.4. The van der Waals surface area contributed by atoms with E-state index in [0.29, 0.717) is 11.6 Å². The van der Waals surface area contributed by atoms with Gasteiger partial charge < -0.3 is 8.98 Å². The Kier molecular flexibility index (Phi) is 4.97. The molecule has 0 saturated heterocycles. The summed E-state index contributed by atoms with van der Waals surface area (Å²) < 4.78 is 20.6. The summed E-state index contributed by atoms with van der Waals surface area (Å²) in [6, 6.07) is 9.89. The van der Waals surface area contributed by atoms with Gasteiger partial charge in [-0.05, 0) is 43.3 Å². The molecule has 0 bridgehead atoms. The molecule has 4 rings (SSSR count). The Morgan fingerprint density at radius 3 is 2.56 bits per heavy atom. The first-order valence-corrected chi connectivity index (χ1v) is 9.40. The van der Waals surface area contributed by atoms with Gasteiger partial charge in [-0.25, -0.2) is 9.37 Å². The number of hydrogen-bond acceptors (Lipinski definition) is 6. The van der Waals surface area contributed by atoms with Gasteiger partial charge in [0.1, 0.15) is 12.1 Å².